The summed E-state index contributed by atoms with van der Waals surface area (Å²) in [7, 11) is 0. The molecular formula is C26H26F5N5O2S. The number of hydrogen-bond acceptors (Lipinski definition) is 7. The normalized spacial score (nSPS) is 24.3. The van der Waals surface area contributed by atoms with E-state index in [1.165, 1.54) is 6.92 Å². The summed E-state index contributed by atoms with van der Waals surface area (Å²) in [4.78, 5) is 19.2. The second-order valence-corrected chi connectivity index (χ2v) is 11.4. The predicted molar refractivity (Wildman–Crippen MR) is 138 cm³/mol. The number of halogens is 5. The number of benzene rings is 1. The standard InChI is InChI=1S/C26H26F5N5O2S/c1-12-4-18(26(29,30)31)20-21(32)22(39-24(20)34-12)23(37)35-16-5-13-2-3-17(6-19(13)38-11-16)36-9-14-7-33-8-15(10-36)25(14,27)28/h2-4,6,14-16,33H,5,7-11,32H2,1H3,(H,35,37)/t14?,15?,16-/m1/s1. The van der Waals surface area contributed by atoms with Crippen LogP contribution in [0.15, 0.2) is 24.3 Å². The molecule has 13 heteroatoms. The van der Waals surface area contributed by atoms with Gasteiger partial charge in [-0.25, -0.2) is 13.8 Å². The summed E-state index contributed by atoms with van der Waals surface area (Å²) in [6.45, 7) is 2.64. The summed E-state index contributed by atoms with van der Waals surface area (Å²) in [5.41, 5.74) is 6.69. The van der Waals surface area contributed by atoms with Crippen molar-refractivity contribution in [2.75, 3.05) is 43.4 Å². The molecular weight excluding hydrogens is 541 g/mol. The lowest BCUT2D eigenvalue weighted by Crippen LogP contribution is -2.62. The number of ether oxygens (including phenoxy) is 1. The minimum atomic E-state index is -4.64. The van der Waals surface area contributed by atoms with E-state index in [1.54, 1.807) is 0 Å². The van der Waals surface area contributed by atoms with Crippen molar-refractivity contribution in [2.24, 2.45) is 11.8 Å². The number of nitrogens with zero attached hydrogens (tertiary/aromatic N) is 2. The summed E-state index contributed by atoms with van der Waals surface area (Å²) >= 11 is 0.823. The number of fused-ring (bicyclic) bond motifs is 4. The highest BCUT2D eigenvalue weighted by Gasteiger charge is 2.53. The maximum Gasteiger partial charge on any atom is 0.417 e. The zero-order chi connectivity index (χ0) is 27.7. The van der Waals surface area contributed by atoms with Crippen molar-refractivity contribution in [2.45, 2.75) is 31.5 Å². The lowest BCUT2D eigenvalue weighted by molar-refractivity contribution is -0.136. The van der Waals surface area contributed by atoms with Crippen LogP contribution in [-0.2, 0) is 12.6 Å². The number of aryl methyl sites for hydroxylation is 1. The van der Waals surface area contributed by atoms with Gasteiger partial charge in [-0.15, -0.1) is 11.3 Å². The third-order valence-corrected chi connectivity index (χ3v) is 8.85. The largest absolute Gasteiger partial charge is 0.491 e. The number of carbonyl (C=O) groups excluding carboxylic acids is 1. The van der Waals surface area contributed by atoms with E-state index in [0.717, 1.165) is 28.7 Å². The molecule has 0 radical (unpaired) electrons. The third-order valence-electron chi connectivity index (χ3n) is 7.75. The van der Waals surface area contributed by atoms with Gasteiger partial charge in [-0.1, -0.05) is 6.07 Å². The fraction of sp³-hybridized carbons (Fsp3) is 0.462. The lowest BCUT2D eigenvalue weighted by atomic mass is 9.81. The van der Waals surface area contributed by atoms with Gasteiger partial charge in [0.25, 0.3) is 11.8 Å². The first-order valence-corrected chi connectivity index (χ1v) is 13.4. The van der Waals surface area contributed by atoms with Gasteiger partial charge in [0, 0.05) is 49.0 Å². The smallest absolute Gasteiger partial charge is 0.417 e. The molecule has 2 fully saturated rings. The molecule has 2 unspecified atom stereocenters. The van der Waals surface area contributed by atoms with Crippen molar-refractivity contribution >= 4 is 38.8 Å². The number of nitrogen functional groups attached to an aromatic ring is 1. The van der Waals surface area contributed by atoms with Crippen molar-refractivity contribution in [3.05, 3.63) is 46.0 Å². The van der Waals surface area contributed by atoms with Gasteiger partial charge < -0.3 is 26.0 Å². The molecule has 1 amide bonds. The van der Waals surface area contributed by atoms with Crippen molar-refractivity contribution in [3.63, 3.8) is 0 Å². The van der Waals surface area contributed by atoms with Crippen LogP contribution in [0.4, 0.5) is 33.3 Å². The number of nitrogens with two attached hydrogens (primary N) is 1. The Morgan fingerprint density at radius 1 is 1.23 bits per heavy atom. The number of carbonyl (C=O) groups is 1. The van der Waals surface area contributed by atoms with Gasteiger partial charge in [0.15, 0.2) is 0 Å². The second-order valence-electron chi connectivity index (χ2n) is 10.4. The summed E-state index contributed by atoms with van der Waals surface area (Å²) in [5.74, 6) is -4.17. The van der Waals surface area contributed by atoms with Gasteiger partial charge in [-0.3, -0.25) is 4.79 Å². The molecule has 2 saturated heterocycles. The molecule has 3 atom stereocenters. The van der Waals surface area contributed by atoms with E-state index in [4.69, 9.17) is 10.5 Å². The van der Waals surface area contributed by atoms with E-state index in [9.17, 15) is 26.7 Å². The molecule has 0 spiro atoms. The Hall–Kier alpha value is -3.19. The molecule has 0 saturated carbocycles. The molecule has 0 aliphatic carbocycles. The number of rotatable bonds is 3. The molecule has 4 N–H and O–H groups in total. The van der Waals surface area contributed by atoms with Crippen LogP contribution in [0.25, 0.3) is 10.2 Å². The van der Waals surface area contributed by atoms with E-state index in [0.29, 0.717) is 12.2 Å². The fourth-order valence-electron chi connectivity index (χ4n) is 5.76. The molecule has 39 heavy (non-hydrogen) atoms. The SMILES string of the molecule is Cc1cc(C(F)(F)F)c2c(N)c(C(=O)N[C@H]3COc4cc(N5CC6CNCC(C5)C6(F)F)ccc4C3)sc2n1. The van der Waals surface area contributed by atoms with Gasteiger partial charge in [-0.2, -0.15) is 13.2 Å². The van der Waals surface area contributed by atoms with Crippen molar-refractivity contribution in [1.29, 1.82) is 0 Å². The maximum absolute atomic E-state index is 14.5. The Labute approximate surface area is 224 Å². The first-order chi connectivity index (χ1) is 18.4. The summed E-state index contributed by atoms with van der Waals surface area (Å²) in [5, 5.41) is 5.65. The zero-order valence-corrected chi connectivity index (χ0v) is 21.7. The minimum Gasteiger partial charge on any atom is -0.491 e. The van der Waals surface area contributed by atoms with Gasteiger partial charge in [0.05, 0.1) is 29.1 Å². The second kappa shape index (κ2) is 9.19. The highest BCUT2D eigenvalue weighted by atomic mass is 32.1. The molecule has 2 bridgehead atoms. The molecule has 3 aromatic rings. The Balaban J connectivity index is 1.17. The van der Waals surface area contributed by atoms with Crippen LogP contribution in [-0.4, -0.2) is 55.6 Å². The Bertz CT molecular complexity index is 1440. The Morgan fingerprint density at radius 2 is 1.95 bits per heavy atom. The lowest BCUT2D eigenvalue weighted by Gasteiger charge is -2.48. The number of aromatic nitrogens is 1. The quantitative estimate of drug-likeness (QED) is 0.411. The van der Waals surface area contributed by atoms with Gasteiger partial charge in [0.1, 0.15) is 22.1 Å². The number of nitrogens with one attached hydrogen (secondary N) is 2. The topological polar surface area (TPSA) is 92.5 Å². The number of thiophene rings is 1. The monoisotopic (exact) mass is 567 g/mol. The van der Waals surface area contributed by atoms with Gasteiger partial charge in [0.2, 0.25) is 0 Å². The van der Waals surface area contributed by atoms with E-state index in [1.807, 2.05) is 23.1 Å². The number of pyridine rings is 1. The van der Waals surface area contributed by atoms with Gasteiger partial charge >= 0.3 is 6.18 Å². The summed E-state index contributed by atoms with van der Waals surface area (Å²) in [6.07, 6.45) is -4.20. The molecule has 2 aromatic heterocycles. The fourth-order valence-corrected chi connectivity index (χ4v) is 6.83. The molecule has 5 heterocycles. The minimum absolute atomic E-state index is 0.0308. The van der Waals surface area contributed by atoms with Crippen LogP contribution in [0.2, 0.25) is 0 Å². The molecule has 1 aromatic carbocycles. The zero-order valence-electron chi connectivity index (χ0n) is 20.9. The average molecular weight is 568 g/mol. The highest BCUT2D eigenvalue weighted by Crippen LogP contribution is 2.43. The summed E-state index contributed by atoms with van der Waals surface area (Å²) < 4.78 is 75.8. The van der Waals surface area contributed by atoms with Crippen LogP contribution in [0.5, 0.6) is 5.75 Å². The maximum atomic E-state index is 14.5. The van der Waals surface area contributed by atoms with Crippen LogP contribution < -0.4 is 26.0 Å². The van der Waals surface area contributed by atoms with Crippen molar-refractivity contribution in [3.8, 4) is 5.75 Å². The number of anilines is 2. The van der Waals surface area contributed by atoms with E-state index in [-0.39, 0.29) is 59.3 Å². The molecule has 3 aliphatic rings. The predicted octanol–water partition coefficient (Wildman–Crippen LogP) is 4.23. The molecule has 3 aliphatic heterocycles. The average Bonchev–Trinajstić information content (AvgIpc) is 3.18. The highest BCUT2D eigenvalue weighted by molar-refractivity contribution is 7.21. The molecule has 208 valence electrons. The number of hydrogen-bond donors (Lipinski definition) is 3. The van der Waals surface area contributed by atoms with Crippen LogP contribution in [0, 0.1) is 18.8 Å². The number of piperidine rings is 2. The molecule has 7 nitrogen and oxygen atoms in total. The molecule has 6 rings (SSSR count). The van der Waals surface area contributed by atoms with Crippen LogP contribution in [0.3, 0.4) is 0 Å². The van der Waals surface area contributed by atoms with Crippen molar-refractivity contribution in [1.82, 2.24) is 15.6 Å². The number of alkyl halides is 5. The van der Waals surface area contributed by atoms with Crippen LogP contribution in [0.1, 0.15) is 26.5 Å². The van der Waals surface area contributed by atoms with Crippen molar-refractivity contribution < 1.29 is 31.5 Å². The van der Waals surface area contributed by atoms with E-state index >= 15 is 0 Å². The van der Waals surface area contributed by atoms with Gasteiger partial charge in [-0.05, 0) is 31.0 Å². The first kappa shape index (κ1) is 26.1. The van der Waals surface area contributed by atoms with E-state index in [2.05, 4.69) is 15.6 Å². The first-order valence-electron chi connectivity index (χ1n) is 12.6. The Kier molecular flexibility index (Phi) is 6.14. The number of amides is 1. The third kappa shape index (κ3) is 4.54. The Morgan fingerprint density at radius 3 is 2.64 bits per heavy atom. The summed E-state index contributed by atoms with van der Waals surface area (Å²) in [6, 6.07) is 6.06. The van der Waals surface area contributed by atoms with E-state index < -0.39 is 41.4 Å². The van der Waals surface area contributed by atoms with Crippen LogP contribution >= 0.6 is 11.3 Å².